The lowest BCUT2D eigenvalue weighted by atomic mass is 10.1. The van der Waals surface area contributed by atoms with E-state index in [9.17, 15) is 9.50 Å². The number of benzene rings is 1. The van der Waals surface area contributed by atoms with Crippen LogP contribution >= 0.6 is 11.6 Å². The van der Waals surface area contributed by atoms with Crippen molar-refractivity contribution in [3.63, 3.8) is 0 Å². The lowest BCUT2D eigenvalue weighted by molar-refractivity contribution is 0.0897. The molecule has 0 amide bonds. The molecule has 2 nitrogen and oxygen atoms in total. The van der Waals surface area contributed by atoms with Crippen LogP contribution in [0.2, 0.25) is 5.02 Å². The highest BCUT2D eigenvalue weighted by molar-refractivity contribution is 6.30. The maximum absolute atomic E-state index is 13.6. The average molecular weight is 243 g/mol. The first-order valence-electron chi connectivity index (χ1n) is 5.15. The molecule has 1 heterocycles. The second-order valence-electron chi connectivity index (χ2n) is 3.64. The first-order chi connectivity index (χ1) is 7.70. The van der Waals surface area contributed by atoms with E-state index in [2.05, 4.69) is 0 Å². The zero-order valence-corrected chi connectivity index (χ0v) is 9.38. The van der Waals surface area contributed by atoms with Gasteiger partial charge in [0.15, 0.2) is 0 Å². The Morgan fingerprint density at radius 1 is 1.44 bits per heavy atom. The Hall–Kier alpha value is -1.06. The third-order valence-corrected chi connectivity index (χ3v) is 2.80. The number of halogens is 2. The molecule has 0 saturated carbocycles. The van der Waals surface area contributed by atoms with E-state index in [-0.39, 0.29) is 10.6 Å². The maximum atomic E-state index is 13.6. The van der Waals surface area contributed by atoms with E-state index in [0.29, 0.717) is 12.4 Å². The molecular weight excluding hydrogens is 231 g/mol. The summed E-state index contributed by atoms with van der Waals surface area (Å²) < 4.78 is 18.9. The highest BCUT2D eigenvalue weighted by Gasteiger charge is 2.21. The van der Waals surface area contributed by atoms with Gasteiger partial charge in [0.25, 0.3) is 0 Å². The van der Waals surface area contributed by atoms with E-state index in [1.807, 2.05) is 0 Å². The van der Waals surface area contributed by atoms with Crippen molar-refractivity contribution in [2.75, 3.05) is 6.61 Å². The molecule has 2 rings (SSSR count). The van der Waals surface area contributed by atoms with Gasteiger partial charge < -0.3 is 9.84 Å². The van der Waals surface area contributed by atoms with Gasteiger partial charge in [0.1, 0.15) is 17.7 Å². The minimum absolute atomic E-state index is 0.00737. The average Bonchev–Trinajstić information content (AvgIpc) is 2.33. The van der Waals surface area contributed by atoms with Crippen molar-refractivity contribution < 1.29 is 14.2 Å². The summed E-state index contributed by atoms with van der Waals surface area (Å²) >= 11 is 5.65. The summed E-state index contributed by atoms with van der Waals surface area (Å²) in [6.45, 7) is 0.561. The van der Waals surface area contributed by atoms with Crippen molar-refractivity contribution >= 4 is 11.6 Å². The van der Waals surface area contributed by atoms with Crippen LogP contribution in [0.25, 0.3) is 0 Å². The summed E-state index contributed by atoms with van der Waals surface area (Å²) in [7, 11) is 0. The molecule has 0 bridgehead atoms. The Morgan fingerprint density at radius 3 is 2.94 bits per heavy atom. The molecule has 1 aliphatic rings. The monoisotopic (exact) mass is 242 g/mol. The predicted octanol–water partition coefficient (Wildman–Crippen LogP) is 3.21. The van der Waals surface area contributed by atoms with E-state index in [0.717, 1.165) is 12.8 Å². The van der Waals surface area contributed by atoms with Crippen LogP contribution in [0.3, 0.4) is 0 Å². The summed E-state index contributed by atoms with van der Waals surface area (Å²) in [5, 5.41) is 9.97. The Bertz CT molecular complexity index is 417. The van der Waals surface area contributed by atoms with Crippen LogP contribution in [0.1, 0.15) is 24.5 Å². The van der Waals surface area contributed by atoms with Gasteiger partial charge in [-0.1, -0.05) is 23.7 Å². The van der Waals surface area contributed by atoms with E-state index in [1.165, 1.54) is 12.1 Å². The van der Waals surface area contributed by atoms with Crippen molar-refractivity contribution in [3.8, 4) is 0 Å². The third kappa shape index (κ3) is 2.20. The fourth-order valence-corrected chi connectivity index (χ4v) is 1.83. The minimum Gasteiger partial charge on any atom is -0.495 e. The molecule has 1 unspecified atom stereocenters. The van der Waals surface area contributed by atoms with Crippen molar-refractivity contribution in [2.45, 2.75) is 18.9 Å². The Kier molecular flexibility index (Phi) is 3.46. The number of allylic oxidation sites excluding steroid dienone is 1. The highest BCUT2D eigenvalue weighted by atomic mass is 35.5. The van der Waals surface area contributed by atoms with Crippen LogP contribution in [0.4, 0.5) is 4.39 Å². The Balaban J connectivity index is 2.29. The van der Waals surface area contributed by atoms with E-state index in [1.54, 1.807) is 12.1 Å². The topological polar surface area (TPSA) is 29.5 Å². The van der Waals surface area contributed by atoms with Gasteiger partial charge in [-0.15, -0.1) is 0 Å². The number of ether oxygens (including phenoxy) is 1. The number of hydrogen-bond acceptors (Lipinski definition) is 2. The van der Waals surface area contributed by atoms with Crippen LogP contribution < -0.4 is 0 Å². The molecule has 0 aliphatic carbocycles. The second kappa shape index (κ2) is 4.85. The molecular formula is C12H12ClFO2. The molecule has 1 N–H and O–H groups in total. The van der Waals surface area contributed by atoms with Gasteiger partial charge in [-0.25, -0.2) is 4.39 Å². The van der Waals surface area contributed by atoms with Gasteiger partial charge in [-0.05, 0) is 25.0 Å². The summed E-state index contributed by atoms with van der Waals surface area (Å²) in [6.07, 6.45) is 2.48. The molecule has 1 aliphatic heterocycles. The third-order valence-electron chi connectivity index (χ3n) is 2.51. The smallest absolute Gasteiger partial charge is 0.148 e. The molecule has 0 fully saturated rings. The Labute approximate surface area is 98.3 Å². The molecule has 4 heteroatoms. The van der Waals surface area contributed by atoms with Gasteiger partial charge in [0.05, 0.1) is 11.6 Å². The molecule has 0 saturated heterocycles. The zero-order chi connectivity index (χ0) is 11.5. The standard InChI is InChI=1S/C12H12ClFO2/c13-9-5-3-4-8(11(9)14)12(15)10-6-1-2-7-16-10/h3-6,12,15H,1-2,7H2. The number of aliphatic hydroxyl groups is 1. The van der Waals surface area contributed by atoms with Gasteiger partial charge in [0, 0.05) is 5.56 Å². The summed E-state index contributed by atoms with van der Waals surface area (Å²) in [4.78, 5) is 0. The van der Waals surface area contributed by atoms with E-state index < -0.39 is 11.9 Å². The molecule has 0 radical (unpaired) electrons. The first kappa shape index (κ1) is 11.4. The quantitative estimate of drug-likeness (QED) is 0.863. The van der Waals surface area contributed by atoms with Gasteiger partial charge >= 0.3 is 0 Å². The number of aliphatic hydroxyl groups excluding tert-OH is 1. The van der Waals surface area contributed by atoms with Gasteiger partial charge in [0.2, 0.25) is 0 Å². The number of rotatable bonds is 2. The lowest BCUT2D eigenvalue weighted by Gasteiger charge is -2.20. The summed E-state index contributed by atoms with van der Waals surface area (Å²) in [6, 6.07) is 4.56. The van der Waals surface area contributed by atoms with Gasteiger partial charge in [-0.2, -0.15) is 0 Å². The number of hydrogen-bond donors (Lipinski definition) is 1. The van der Waals surface area contributed by atoms with E-state index >= 15 is 0 Å². The van der Waals surface area contributed by atoms with Crippen molar-refractivity contribution in [1.82, 2.24) is 0 Å². The Morgan fingerprint density at radius 2 is 2.25 bits per heavy atom. The van der Waals surface area contributed by atoms with Crippen molar-refractivity contribution in [1.29, 1.82) is 0 Å². The van der Waals surface area contributed by atoms with Crippen molar-refractivity contribution in [3.05, 3.63) is 46.4 Å². The predicted molar refractivity (Wildman–Crippen MR) is 59.6 cm³/mol. The zero-order valence-electron chi connectivity index (χ0n) is 8.62. The molecule has 16 heavy (non-hydrogen) atoms. The van der Waals surface area contributed by atoms with Crippen LogP contribution in [0.15, 0.2) is 30.0 Å². The molecule has 86 valence electrons. The van der Waals surface area contributed by atoms with Crippen LogP contribution in [0, 0.1) is 5.82 Å². The fraction of sp³-hybridized carbons (Fsp3) is 0.333. The minimum atomic E-state index is -1.07. The van der Waals surface area contributed by atoms with Gasteiger partial charge in [-0.3, -0.25) is 0 Å². The SMILES string of the molecule is OC(C1=CCCCO1)c1cccc(Cl)c1F. The van der Waals surface area contributed by atoms with Crippen molar-refractivity contribution in [2.24, 2.45) is 0 Å². The van der Waals surface area contributed by atoms with Crippen LogP contribution in [0.5, 0.6) is 0 Å². The maximum Gasteiger partial charge on any atom is 0.148 e. The summed E-state index contributed by atoms with van der Waals surface area (Å²) in [5.41, 5.74) is 0.153. The summed E-state index contributed by atoms with van der Waals surface area (Å²) in [5.74, 6) is -0.181. The highest BCUT2D eigenvalue weighted by Crippen LogP contribution is 2.30. The van der Waals surface area contributed by atoms with Crippen LogP contribution in [-0.4, -0.2) is 11.7 Å². The lowest BCUT2D eigenvalue weighted by Crippen LogP contribution is -2.11. The largest absolute Gasteiger partial charge is 0.495 e. The first-order valence-corrected chi connectivity index (χ1v) is 5.53. The normalized spacial score (nSPS) is 17.6. The molecule has 1 atom stereocenters. The molecule has 0 aromatic heterocycles. The molecule has 1 aromatic carbocycles. The molecule has 0 spiro atoms. The van der Waals surface area contributed by atoms with Crippen LogP contribution in [-0.2, 0) is 4.74 Å². The van der Waals surface area contributed by atoms with E-state index in [4.69, 9.17) is 16.3 Å². The molecule has 1 aromatic rings. The second-order valence-corrected chi connectivity index (χ2v) is 4.05. The fourth-order valence-electron chi connectivity index (χ4n) is 1.65.